The first-order valence-electron chi connectivity index (χ1n) is 18.8. The number of ether oxygens (including phenoxy) is 3. The zero-order valence-electron chi connectivity index (χ0n) is 32.2. The van der Waals surface area contributed by atoms with E-state index in [1.165, 1.54) is 13.2 Å². The summed E-state index contributed by atoms with van der Waals surface area (Å²) in [7, 11) is 1.47. The Kier molecular flexibility index (Phi) is 10.9. The number of nitrogen functional groups attached to an aromatic ring is 1. The smallest absolute Gasteiger partial charge is 0.276 e. The van der Waals surface area contributed by atoms with Gasteiger partial charge in [0.2, 0.25) is 23.7 Å². The number of methoxy groups -OCH3 is 1. The number of amides is 3. The maximum absolute atomic E-state index is 13.5. The number of nitrogens with two attached hydrogens (primary N) is 3. The van der Waals surface area contributed by atoms with Crippen LogP contribution in [0, 0.1) is 18.2 Å². The Morgan fingerprint density at radius 3 is 2.35 bits per heavy atom. The minimum absolute atomic E-state index is 0.0424. The summed E-state index contributed by atoms with van der Waals surface area (Å²) in [6.07, 6.45) is 6.02. The molecule has 7 rings (SSSR count). The third kappa shape index (κ3) is 7.86. The Balaban J connectivity index is 1.10. The van der Waals surface area contributed by atoms with Crippen LogP contribution in [0.25, 0.3) is 22.1 Å². The monoisotopic (exact) mass is 776 g/mol. The number of aryl methyl sites for hydroxylation is 2. The Labute approximate surface area is 328 Å². The summed E-state index contributed by atoms with van der Waals surface area (Å²) < 4.78 is 23.1. The van der Waals surface area contributed by atoms with Gasteiger partial charge in [-0.3, -0.25) is 29.3 Å². The predicted molar refractivity (Wildman–Crippen MR) is 213 cm³/mol. The van der Waals surface area contributed by atoms with Crippen molar-refractivity contribution in [1.82, 2.24) is 33.8 Å². The summed E-state index contributed by atoms with van der Waals surface area (Å²) in [5.74, 6) is 1.91. The van der Waals surface area contributed by atoms with Gasteiger partial charge in [0.1, 0.15) is 28.2 Å². The fraction of sp³-hybridized carbons (Fsp3) is 0.395. The molecule has 1 spiro atoms. The Bertz CT molecular complexity index is 2440. The number of nitrogens with zero attached hydrogens (tertiary/aromatic N) is 8. The number of fused-ring (bicyclic) bond motifs is 2. The van der Waals surface area contributed by atoms with Crippen LogP contribution in [0.2, 0.25) is 12.6 Å². The molecule has 7 N–H and O–H groups in total. The van der Waals surface area contributed by atoms with Crippen LogP contribution in [0.15, 0.2) is 42.5 Å². The normalized spacial score (nSPS) is 15.3. The number of nitrogens with one attached hydrogen (secondary N) is 1. The number of allylic oxidation sites excluding steroid dienone is 2. The molecular weight excluding hydrogens is 731 g/mol. The van der Waals surface area contributed by atoms with Crippen molar-refractivity contribution in [3.63, 3.8) is 0 Å². The lowest BCUT2D eigenvalue weighted by molar-refractivity contribution is -0.134. The zero-order valence-corrected chi connectivity index (χ0v) is 32.2. The second-order valence-electron chi connectivity index (χ2n) is 14.4. The molecule has 2 saturated heterocycles. The van der Waals surface area contributed by atoms with E-state index >= 15 is 0 Å². The van der Waals surface area contributed by atoms with Crippen molar-refractivity contribution in [2.24, 2.45) is 11.5 Å². The zero-order chi connectivity index (χ0) is 40.4. The van der Waals surface area contributed by atoms with E-state index in [4.69, 9.17) is 31.4 Å². The van der Waals surface area contributed by atoms with Crippen molar-refractivity contribution >= 4 is 58.4 Å². The van der Waals surface area contributed by atoms with Crippen molar-refractivity contribution in [2.75, 3.05) is 51.0 Å². The van der Waals surface area contributed by atoms with Gasteiger partial charge < -0.3 is 40.5 Å². The topological polar surface area (TPSA) is 249 Å². The lowest BCUT2D eigenvalue weighted by Gasteiger charge is -2.52. The fourth-order valence-corrected chi connectivity index (χ4v) is 7.74. The van der Waals surface area contributed by atoms with E-state index in [1.54, 1.807) is 38.1 Å². The van der Waals surface area contributed by atoms with Crippen molar-refractivity contribution < 1.29 is 28.6 Å². The summed E-state index contributed by atoms with van der Waals surface area (Å²) >= 11 is 0. The number of nitriles is 1. The Morgan fingerprint density at radius 2 is 1.68 bits per heavy atom. The van der Waals surface area contributed by atoms with Gasteiger partial charge in [0.15, 0.2) is 0 Å². The third-order valence-corrected chi connectivity index (χ3v) is 10.4. The number of rotatable bonds is 15. The molecule has 0 saturated carbocycles. The highest BCUT2D eigenvalue weighted by molar-refractivity contribution is 6.67. The standard InChI is InChI=1S/C38H45BN12O6/c1-4-51-28(14-23(2)47-51)35(54)46-37-45-27-16-24(33(41)52)17-29(55-3)31(27)50(37)11-6-5-10-49-32-26(44-36(49)43)15-25(34(42)53)18-30(32)56-12-7-9-48-20-38(21-48)19-39(22-40)8-13-57-38/h5-6,14-18H,4,7-13,19-21H2,1-3H3,(H2,41,52)(H2,42,53)(H2,43,44)(H,45,46,54)/b6-5+. The van der Waals surface area contributed by atoms with Crippen molar-refractivity contribution in [3.05, 3.63) is 65.0 Å². The van der Waals surface area contributed by atoms with Gasteiger partial charge in [0, 0.05) is 63.0 Å². The number of aromatic nitrogens is 6. The number of hydrogen-bond acceptors (Lipinski definition) is 12. The van der Waals surface area contributed by atoms with Crippen molar-refractivity contribution in [1.29, 1.82) is 5.26 Å². The number of primary amides is 2. The van der Waals surface area contributed by atoms with Crippen LogP contribution in [0.3, 0.4) is 0 Å². The fourth-order valence-electron chi connectivity index (χ4n) is 7.74. The molecule has 3 amide bonds. The molecule has 2 aliphatic heterocycles. The van der Waals surface area contributed by atoms with Gasteiger partial charge in [-0.1, -0.05) is 12.2 Å². The molecule has 296 valence electrons. The first-order valence-corrected chi connectivity index (χ1v) is 18.8. The minimum atomic E-state index is -0.650. The Morgan fingerprint density at radius 1 is 1.02 bits per heavy atom. The number of carbonyl (C=O) groups excluding carboxylic acids is 3. The molecule has 0 aliphatic carbocycles. The lowest BCUT2D eigenvalue weighted by atomic mass is 9.42. The molecule has 2 fully saturated rings. The number of likely N-dealkylation sites (tertiary alicyclic amines) is 1. The van der Waals surface area contributed by atoms with E-state index in [0.717, 1.165) is 32.3 Å². The van der Waals surface area contributed by atoms with Crippen LogP contribution in [0.5, 0.6) is 11.5 Å². The third-order valence-electron chi connectivity index (χ3n) is 10.4. The molecular formula is C38H45BN12O6. The van der Waals surface area contributed by atoms with Gasteiger partial charge in [-0.05, 0) is 63.2 Å². The highest BCUT2D eigenvalue weighted by Gasteiger charge is 2.48. The van der Waals surface area contributed by atoms with E-state index in [1.807, 2.05) is 26.0 Å². The summed E-state index contributed by atoms with van der Waals surface area (Å²) in [5.41, 5.74) is 21.0. The summed E-state index contributed by atoms with van der Waals surface area (Å²) in [4.78, 5) is 49.4. The maximum Gasteiger partial charge on any atom is 0.276 e. The van der Waals surface area contributed by atoms with Crippen molar-refractivity contribution in [3.8, 4) is 17.5 Å². The molecule has 0 bridgehead atoms. The molecule has 3 aromatic heterocycles. The number of anilines is 2. The molecule has 57 heavy (non-hydrogen) atoms. The number of imidazole rings is 2. The van der Waals surface area contributed by atoms with Crippen LogP contribution in [0.4, 0.5) is 11.9 Å². The molecule has 2 aliphatic rings. The van der Waals surface area contributed by atoms with E-state index in [-0.39, 0.29) is 48.4 Å². The van der Waals surface area contributed by atoms with Gasteiger partial charge in [0.05, 0.1) is 36.0 Å². The number of carbonyl (C=O) groups is 3. The highest BCUT2D eigenvalue weighted by atomic mass is 16.5. The largest absolute Gasteiger partial charge is 0.494 e. The average Bonchev–Trinajstić information content (AvgIpc) is 3.84. The second kappa shape index (κ2) is 16.0. The lowest BCUT2D eigenvalue weighted by Crippen LogP contribution is -2.65. The molecule has 5 aromatic rings. The summed E-state index contributed by atoms with van der Waals surface area (Å²) in [6, 6.07) is 7.97. The van der Waals surface area contributed by atoms with Gasteiger partial charge >= 0.3 is 0 Å². The second-order valence-corrected chi connectivity index (χ2v) is 14.4. The van der Waals surface area contributed by atoms with E-state index in [0.29, 0.717) is 71.1 Å². The van der Waals surface area contributed by atoms with E-state index in [2.05, 4.69) is 31.3 Å². The molecule has 0 radical (unpaired) electrons. The SMILES string of the molecule is CCn1nc(C)cc1C(=O)Nc1nc2cc(C(N)=O)cc(OC)c2n1C/C=C/Cn1c(N)nc2cc(C(N)=O)cc(OCCCN3CC4(CB(C#N)CCO4)C3)c21. The average molecular weight is 777 g/mol. The summed E-state index contributed by atoms with van der Waals surface area (Å²) in [5, 5.41) is 16.7. The minimum Gasteiger partial charge on any atom is -0.494 e. The van der Waals surface area contributed by atoms with E-state index in [9.17, 15) is 19.6 Å². The Hall–Kier alpha value is -6.39. The molecule has 19 heteroatoms. The quantitative estimate of drug-likeness (QED) is 0.0681. The molecule has 2 aromatic carbocycles. The van der Waals surface area contributed by atoms with Gasteiger partial charge in [0.25, 0.3) is 12.6 Å². The van der Waals surface area contributed by atoms with Crippen LogP contribution in [-0.4, -0.2) is 104 Å². The van der Waals surface area contributed by atoms with Crippen LogP contribution in [0.1, 0.15) is 50.2 Å². The highest BCUT2D eigenvalue weighted by Crippen LogP contribution is 2.35. The first-order chi connectivity index (χ1) is 27.4. The van der Waals surface area contributed by atoms with Crippen LogP contribution >= 0.6 is 0 Å². The van der Waals surface area contributed by atoms with Gasteiger partial charge in [-0.25, -0.2) is 15.2 Å². The van der Waals surface area contributed by atoms with Crippen LogP contribution in [-0.2, 0) is 24.4 Å². The van der Waals surface area contributed by atoms with Gasteiger partial charge in [-0.2, -0.15) is 5.10 Å². The van der Waals surface area contributed by atoms with E-state index < -0.39 is 17.7 Å². The van der Waals surface area contributed by atoms with Crippen molar-refractivity contribution in [2.45, 2.75) is 58.1 Å². The first kappa shape index (κ1) is 38.9. The number of hydrogen-bond donors (Lipinski definition) is 4. The van der Waals surface area contributed by atoms with Crippen LogP contribution < -0.4 is 32.0 Å². The maximum atomic E-state index is 13.5. The molecule has 0 unspecified atom stereocenters. The van der Waals surface area contributed by atoms with Gasteiger partial charge in [-0.15, -0.1) is 0 Å². The summed E-state index contributed by atoms with van der Waals surface area (Å²) in [6.45, 7) is 8.09. The predicted octanol–water partition coefficient (Wildman–Crippen LogP) is 2.62. The molecule has 18 nitrogen and oxygen atoms in total. The molecule has 5 heterocycles. The molecule has 0 atom stereocenters. The number of benzene rings is 2.